The van der Waals surface area contributed by atoms with Crippen LogP contribution in [0.3, 0.4) is 0 Å². The van der Waals surface area contributed by atoms with Crippen molar-refractivity contribution >= 4 is 11.6 Å². The van der Waals surface area contributed by atoms with Crippen LogP contribution in [0.2, 0.25) is 0 Å². The minimum absolute atomic E-state index is 0.0765. The van der Waals surface area contributed by atoms with Crippen molar-refractivity contribution in [1.82, 2.24) is 10.2 Å². The molecule has 3 rings (SSSR count). The first kappa shape index (κ1) is 20.2. The van der Waals surface area contributed by atoms with Crippen molar-refractivity contribution in [3.05, 3.63) is 76.5 Å². The van der Waals surface area contributed by atoms with E-state index in [1.165, 1.54) is 4.90 Å². The van der Waals surface area contributed by atoms with E-state index in [4.69, 9.17) is 5.26 Å². The fourth-order valence-electron chi connectivity index (χ4n) is 2.81. The van der Waals surface area contributed by atoms with Crippen LogP contribution in [0.25, 0.3) is 0 Å². The van der Waals surface area contributed by atoms with Crippen molar-refractivity contribution in [2.45, 2.75) is 26.6 Å². The van der Waals surface area contributed by atoms with Gasteiger partial charge in [-0.2, -0.15) is 5.26 Å². The molecule has 0 amide bonds. The third-order valence-electron chi connectivity index (χ3n) is 4.30. The Morgan fingerprint density at radius 2 is 1.79 bits per heavy atom. The third kappa shape index (κ3) is 4.48. The maximum Gasteiger partial charge on any atom is 0.205 e. The number of hydrogen-bond donors (Lipinski definition) is 2. The van der Waals surface area contributed by atoms with Crippen molar-refractivity contribution in [2.75, 3.05) is 5.32 Å². The lowest BCUT2D eigenvalue weighted by atomic mass is 10.1. The summed E-state index contributed by atoms with van der Waals surface area (Å²) in [5.41, 5.74) is 2.62. The minimum atomic E-state index is -1.57. The molecule has 150 valence electrons. The van der Waals surface area contributed by atoms with Gasteiger partial charge in [0.1, 0.15) is 0 Å². The molecule has 0 radical (unpaired) electrons. The predicted molar refractivity (Wildman–Crippen MR) is 101 cm³/mol. The number of hydrogen-bond acceptors (Lipinski definition) is 5. The summed E-state index contributed by atoms with van der Waals surface area (Å²) in [4.78, 5) is 5.44. The van der Waals surface area contributed by atoms with Gasteiger partial charge < -0.3 is 10.2 Å². The van der Waals surface area contributed by atoms with E-state index in [-0.39, 0.29) is 18.1 Å². The molecule has 1 atom stereocenters. The quantitative estimate of drug-likeness (QED) is 0.347. The van der Waals surface area contributed by atoms with Crippen molar-refractivity contribution in [3.63, 3.8) is 0 Å². The standard InChI is InChI=1S/C20H17F4N5/c1-11-3-4-12(2)17(5-11)27-20-28-19(26-10-25)16(23)9-29(20)8-13-6-14(21)18(24)15(22)7-13/h3-7,9,19,26H,8H2,1-2H3,(H,27,28). The summed E-state index contributed by atoms with van der Waals surface area (Å²) in [6.07, 6.45) is 1.47. The Bertz CT molecular complexity index is 1020. The van der Waals surface area contributed by atoms with Crippen LogP contribution >= 0.6 is 0 Å². The number of nitriles is 1. The molecule has 0 spiro atoms. The number of halogens is 4. The Labute approximate surface area is 165 Å². The number of nitrogens with zero attached hydrogens (tertiary/aromatic N) is 3. The zero-order chi connectivity index (χ0) is 21.1. The van der Waals surface area contributed by atoms with Gasteiger partial charge in [-0.25, -0.2) is 22.6 Å². The summed E-state index contributed by atoms with van der Waals surface area (Å²) in [6, 6.07) is 7.33. The van der Waals surface area contributed by atoms with Gasteiger partial charge in [0, 0.05) is 11.9 Å². The molecule has 2 aromatic carbocycles. The van der Waals surface area contributed by atoms with E-state index in [0.717, 1.165) is 29.5 Å². The van der Waals surface area contributed by atoms with Gasteiger partial charge in [0.25, 0.3) is 0 Å². The highest BCUT2D eigenvalue weighted by atomic mass is 19.2. The topological polar surface area (TPSA) is 63.5 Å². The molecule has 1 unspecified atom stereocenters. The summed E-state index contributed by atoms with van der Waals surface area (Å²) in [5.74, 6) is -4.87. The monoisotopic (exact) mass is 403 g/mol. The van der Waals surface area contributed by atoms with Crippen molar-refractivity contribution in [1.29, 1.82) is 5.26 Å². The van der Waals surface area contributed by atoms with Gasteiger partial charge in [-0.05, 0) is 48.7 Å². The molecule has 2 aromatic rings. The third-order valence-corrected chi connectivity index (χ3v) is 4.30. The van der Waals surface area contributed by atoms with Crippen LogP contribution in [-0.4, -0.2) is 17.0 Å². The number of rotatable bonds is 4. The van der Waals surface area contributed by atoms with Crippen LogP contribution in [0.5, 0.6) is 0 Å². The first-order valence-electron chi connectivity index (χ1n) is 8.62. The molecule has 29 heavy (non-hydrogen) atoms. The first-order chi connectivity index (χ1) is 13.8. The van der Waals surface area contributed by atoms with Gasteiger partial charge in [0.15, 0.2) is 35.6 Å². The lowest BCUT2D eigenvalue weighted by molar-refractivity contribution is 0.426. The van der Waals surface area contributed by atoms with Gasteiger partial charge in [0.2, 0.25) is 5.96 Å². The molecular formula is C20H17F4N5. The molecule has 1 heterocycles. The minimum Gasteiger partial charge on any atom is -0.326 e. The van der Waals surface area contributed by atoms with E-state index < -0.39 is 29.4 Å². The van der Waals surface area contributed by atoms with Crippen LogP contribution < -0.4 is 10.6 Å². The van der Waals surface area contributed by atoms with Crippen LogP contribution in [0.15, 0.2) is 47.4 Å². The van der Waals surface area contributed by atoms with Crippen LogP contribution in [-0.2, 0) is 6.54 Å². The number of aryl methyl sites for hydroxylation is 2. The van der Waals surface area contributed by atoms with Gasteiger partial charge in [-0.15, -0.1) is 0 Å². The highest BCUT2D eigenvalue weighted by Gasteiger charge is 2.25. The van der Waals surface area contributed by atoms with E-state index in [1.54, 1.807) is 6.19 Å². The van der Waals surface area contributed by atoms with Crippen LogP contribution in [0.4, 0.5) is 23.2 Å². The molecule has 0 aromatic heterocycles. The van der Waals surface area contributed by atoms with E-state index in [2.05, 4.69) is 15.6 Å². The SMILES string of the molecule is Cc1ccc(C)c(NC2=NC(NC#N)C(F)=CN2Cc2cc(F)c(F)c(F)c2)c1. The molecule has 9 heteroatoms. The zero-order valence-corrected chi connectivity index (χ0v) is 15.6. The maximum atomic E-state index is 14.3. The zero-order valence-electron chi connectivity index (χ0n) is 15.6. The molecule has 2 N–H and O–H groups in total. The summed E-state index contributed by atoms with van der Waals surface area (Å²) < 4.78 is 54.7. The molecule has 0 bridgehead atoms. The average Bonchev–Trinajstić information content (AvgIpc) is 2.66. The van der Waals surface area contributed by atoms with Crippen molar-refractivity contribution in [2.24, 2.45) is 4.99 Å². The molecule has 0 fully saturated rings. The largest absolute Gasteiger partial charge is 0.326 e. The van der Waals surface area contributed by atoms with E-state index in [9.17, 15) is 17.6 Å². The summed E-state index contributed by atoms with van der Waals surface area (Å²) in [5, 5.41) is 14.1. The molecule has 5 nitrogen and oxygen atoms in total. The number of anilines is 1. The number of guanidine groups is 1. The number of aliphatic imine (C=N–C) groups is 1. The fourth-order valence-corrected chi connectivity index (χ4v) is 2.81. The second-order valence-electron chi connectivity index (χ2n) is 6.57. The normalized spacial score (nSPS) is 16.0. The lowest BCUT2D eigenvalue weighted by Crippen LogP contribution is -2.40. The summed E-state index contributed by atoms with van der Waals surface area (Å²) in [7, 11) is 0. The molecule has 0 saturated heterocycles. The van der Waals surface area contributed by atoms with Crippen molar-refractivity contribution < 1.29 is 17.6 Å². The lowest BCUT2D eigenvalue weighted by Gasteiger charge is -2.29. The predicted octanol–water partition coefficient (Wildman–Crippen LogP) is 4.21. The van der Waals surface area contributed by atoms with E-state index >= 15 is 0 Å². The van der Waals surface area contributed by atoms with Gasteiger partial charge in [-0.1, -0.05) is 12.1 Å². The van der Waals surface area contributed by atoms with E-state index in [0.29, 0.717) is 5.69 Å². The summed E-state index contributed by atoms with van der Waals surface area (Å²) >= 11 is 0. The first-order valence-corrected chi connectivity index (χ1v) is 8.62. The average molecular weight is 403 g/mol. The Morgan fingerprint density at radius 3 is 2.45 bits per heavy atom. The number of benzene rings is 2. The summed E-state index contributed by atoms with van der Waals surface area (Å²) in [6.45, 7) is 3.58. The number of nitrogens with one attached hydrogen (secondary N) is 2. The second-order valence-corrected chi connectivity index (χ2v) is 6.57. The Balaban J connectivity index is 1.95. The Hall–Kier alpha value is -3.54. The van der Waals surface area contributed by atoms with Crippen LogP contribution in [0.1, 0.15) is 16.7 Å². The fraction of sp³-hybridized carbons (Fsp3) is 0.200. The van der Waals surface area contributed by atoms with Crippen molar-refractivity contribution in [3.8, 4) is 6.19 Å². The van der Waals surface area contributed by atoms with Gasteiger partial charge >= 0.3 is 0 Å². The van der Waals surface area contributed by atoms with E-state index in [1.807, 2.05) is 32.0 Å². The smallest absolute Gasteiger partial charge is 0.205 e. The molecule has 0 saturated carbocycles. The molecule has 1 aliphatic rings. The molecule has 0 aliphatic carbocycles. The molecule has 1 aliphatic heterocycles. The second kappa shape index (κ2) is 8.22. The van der Waals surface area contributed by atoms with Crippen LogP contribution in [0, 0.1) is 42.8 Å². The highest BCUT2D eigenvalue weighted by molar-refractivity contribution is 5.95. The highest BCUT2D eigenvalue weighted by Crippen LogP contribution is 2.23. The Morgan fingerprint density at radius 1 is 1.10 bits per heavy atom. The van der Waals surface area contributed by atoms with Gasteiger partial charge in [0.05, 0.1) is 6.54 Å². The maximum absolute atomic E-state index is 14.3. The Kier molecular flexibility index (Phi) is 5.73. The molecular weight excluding hydrogens is 386 g/mol. The van der Waals surface area contributed by atoms with Gasteiger partial charge in [-0.3, -0.25) is 5.32 Å².